The van der Waals surface area contributed by atoms with E-state index in [1.54, 1.807) is 12.4 Å². The second-order valence-corrected chi connectivity index (χ2v) is 4.59. The second kappa shape index (κ2) is 8.75. The van der Waals surface area contributed by atoms with Gasteiger partial charge in [0, 0.05) is 30.2 Å². The van der Waals surface area contributed by atoms with Gasteiger partial charge in [0.2, 0.25) is 5.91 Å². The van der Waals surface area contributed by atoms with Gasteiger partial charge < -0.3 is 20.4 Å². The first-order chi connectivity index (χ1) is 9.83. The number of imidazole rings is 1. The van der Waals surface area contributed by atoms with Gasteiger partial charge in [0.05, 0.1) is 13.2 Å². The number of nitrogens with one attached hydrogen (secondary N) is 3. The van der Waals surface area contributed by atoms with Crippen molar-refractivity contribution in [1.82, 2.24) is 15.3 Å². The van der Waals surface area contributed by atoms with Gasteiger partial charge in [-0.05, 0) is 24.3 Å². The third kappa shape index (κ3) is 4.45. The minimum atomic E-state index is -0.284. The Balaban J connectivity index is 0.00000121. The Bertz CT molecular complexity index is 569. The molecule has 120 valence electrons. The molecule has 0 spiro atoms. The second-order valence-electron chi connectivity index (χ2n) is 4.59. The molecular weight excluding hydrogens is 327 g/mol. The fraction of sp³-hybridized carbons (Fsp3) is 0.286. The Kier molecular flexibility index (Phi) is 7.34. The zero-order chi connectivity index (χ0) is 13.8. The lowest BCUT2D eigenvalue weighted by atomic mass is 10.2. The predicted molar refractivity (Wildman–Crippen MR) is 89.8 cm³/mol. The number of hydrogen-bond acceptors (Lipinski definition) is 4. The van der Waals surface area contributed by atoms with Crippen molar-refractivity contribution in [2.75, 3.05) is 25.1 Å². The molecule has 1 amide bonds. The highest BCUT2D eigenvalue weighted by atomic mass is 35.5. The van der Waals surface area contributed by atoms with Crippen molar-refractivity contribution in [3.8, 4) is 11.4 Å². The third-order valence-corrected chi connectivity index (χ3v) is 3.16. The van der Waals surface area contributed by atoms with E-state index in [0.29, 0.717) is 19.8 Å². The molecule has 2 heterocycles. The number of nitrogens with zero attached hydrogens (tertiary/aromatic N) is 1. The number of benzene rings is 1. The largest absolute Gasteiger partial charge is 0.378 e. The van der Waals surface area contributed by atoms with Crippen molar-refractivity contribution in [2.24, 2.45) is 0 Å². The zero-order valence-corrected chi connectivity index (χ0v) is 13.4. The lowest BCUT2D eigenvalue weighted by Gasteiger charge is -2.22. The summed E-state index contributed by atoms with van der Waals surface area (Å²) in [6.07, 6.45) is 3.49. The quantitative estimate of drug-likeness (QED) is 0.793. The van der Waals surface area contributed by atoms with E-state index in [9.17, 15) is 4.79 Å². The van der Waals surface area contributed by atoms with Gasteiger partial charge in [-0.1, -0.05) is 0 Å². The molecule has 2 aromatic rings. The van der Waals surface area contributed by atoms with Crippen LogP contribution >= 0.6 is 24.8 Å². The van der Waals surface area contributed by atoms with E-state index in [0.717, 1.165) is 17.1 Å². The maximum Gasteiger partial charge on any atom is 0.243 e. The number of halogens is 2. The zero-order valence-electron chi connectivity index (χ0n) is 11.7. The molecule has 1 aromatic carbocycles. The lowest BCUT2D eigenvalue weighted by Crippen LogP contribution is -2.48. The number of morpholine rings is 1. The van der Waals surface area contributed by atoms with Crippen LogP contribution < -0.4 is 10.6 Å². The Morgan fingerprint density at radius 1 is 1.27 bits per heavy atom. The van der Waals surface area contributed by atoms with Crippen molar-refractivity contribution in [2.45, 2.75) is 6.04 Å². The van der Waals surface area contributed by atoms with E-state index in [1.807, 2.05) is 24.3 Å². The molecule has 0 aliphatic carbocycles. The number of aromatic nitrogens is 2. The molecule has 1 aromatic heterocycles. The summed E-state index contributed by atoms with van der Waals surface area (Å²) in [6, 6.07) is 7.27. The van der Waals surface area contributed by atoms with Crippen LogP contribution in [0.4, 0.5) is 5.69 Å². The monoisotopic (exact) mass is 344 g/mol. The summed E-state index contributed by atoms with van der Waals surface area (Å²) < 4.78 is 5.27. The number of aromatic amines is 1. The number of amides is 1. The van der Waals surface area contributed by atoms with Crippen LogP contribution in [-0.2, 0) is 9.53 Å². The molecule has 1 aliphatic rings. The number of H-pyrrole nitrogens is 1. The van der Waals surface area contributed by atoms with Gasteiger partial charge in [-0.3, -0.25) is 4.79 Å². The molecule has 1 unspecified atom stereocenters. The van der Waals surface area contributed by atoms with Gasteiger partial charge in [-0.2, -0.15) is 0 Å². The normalized spacial score (nSPS) is 17.0. The highest BCUT2D eigenvalue weighted by Crippen LogP contribution is 2.17. The van der Waals surface area contributed by atoms with Gasteiger partial charge in [0.25, 0.3) is 0 Å². The molecule has 1 aliphatic heterocycles. The Morgan fingerprint density at radius 3 is 2.64 bits per heavy atom. The number of rotatable bonds is 3. The molecule has 3 N–H and O–H groups in total. The molecule has 6 nitrogen and oxygen atoms in total. The summed E-state index contributed by atoms with van der Waals surface area (Å²) in [5.74, 6) is 0.737. The molecule has 1 fully saturated rings. The molecule has 0 radical (unpaired) electrons. The summed E-state index contributed by atoms with van der Waals surface area (Å²) in [6.45, 7) is 1.77. The van der Waals surface area contributed by atoms with Gasteiger partial charge in [-0.15, -0.1) is 24.8 Å². The number of hydrogen-bond donors (Lipinski definition) is 3. The van der Waals surface area contributed by atoms with Gasteiger partial charge in [0.15, 0.2) is 0 Å². The SMILES string of the molecule is Cl.Cl.O=C(Nc1ccc(-c2ncc[nH]2)cc1)C1COCCN1. The maximum absolute atomic E-state index is 12.0. The maximum atomic E-state index is 12.0. The standard InChI is InChI=1S/C14H16N4O2.2ClH/c19-14(12-9-20-8-7-15-12)18-11-3-1-10(2-4-11)13-16-5-6-17-13;;/h1-6,12,15H,7-9H2,(H,16,17)(H,18,19);2*1H. The van der Waals surface area contributed by atoms with Crippen molar-refractivity contribution < 1.29 is 9.53 Å². The van der Waals surface area contributed by atoms with E-state index in [1.165, 1.54) is 0 Å². The molecule has 0 bridgehead atoms. The number of carbonyl (C=O) groups is 1. The topological polar surface area (TPSA) is 79.0 Å². The van der Waals surface area contributed by atoms with E-state index in [4.69, 9.17) is 4.74 Å². The van der Waals surface area contributed by atoms with Crippen LogP contribution in [0.15, 0.2) is 36.7 Å². The summed E-state index contributed by atoms with van der Waals surface area (Å²) in [5, 5.41) is 5.99. The van der Waals surface area contributed by atoms with Crippen LogP contribution in [0.3, 0.4) is 0 Å². The fourth-order valence-corrected chi connectivity index (χ4v) is 2.10. The van der Waals surface area contributed by atoms with Gasteiger partial charge >= 0.3 is 0 Å². The average Bonchev–Trinajstić information content (AvgIpc) is 3.03. The van der Waals surface area contributed by atoms with Crippen molar-refractivity contribution in [3.05, 3.63) is 36.7 Å². The average molecular weight is 345 g/mol. The van der Waals surface area contributed by atoms with Crippen LogP contribution in [0, 0.1) is 0 Å². The Hall–Kier alpha value is -1.60. The predicted octanol–water partition coefficient (Wildman–Crippen LogP) is 1.85. The van der Waals surface area contributed by atoms with Crippen LogP contribution in [0.1, 0.15) is 0 Å². The molecular formula is C14H18Cl2N4O2. The lowest BCUT2D eigenvalue weighted by molar-refractivity contribution is -0.120. The summed E-state index contributed by atoms with van der Waals surface area (Å²) in [7, 11) is 0. The number of ether oxygens (including phenoxy) is 1. The van der Waals surface area contributed by atoms with E-state index < -0.39 is 0 Å². The molecule has 1 saturated heterocycles. The van der Waals surface area contributed by atoms with Crippen LogP contribution in [-0.4, -0.2) is 41.7 Å². The van der Waals surface area contributed by atoms with Crippen molar-refractivity contribution in [1.29, 1.82) is 0 Å². The molecule has 1 atom stereocenters. The Labute approximate surface area is 140 Å². The first-order valence-corrected chi connectivity index (χ1v) is 6.55. The van der Waals surface area contributed by atoms with Crippen LogP contribution in [0.2, 0.25) is 0 Å². The van der Waals surface area contributed by atoms with Crippen LogP contribution in [0.25, 0.3) is 11.4 Å². The van der Waals surface area contributed by atoms with Gasteiger partial charge in [0.1, 0.15) is 11.9 Å². The summed E-state index contributed by atoms with van der Waals surface area (Å²) in [4.78, 5) is 19.2. The molecule has 8 heteroatoms. The smallest absolute Gasteiger partial charge is 0.243 e. The molecule has 3 rings (SSSR count). The fourth-order valence-electron chi connectivity index (χ4n) is 2.10. The highest BCUT2D eigenvalue weighted by molar-refractivity contribution is 5.95. The van der Waals surface area contributed by atoms with E-state index in [-0.39, 0.29) is 36.8 Å². The minimum absolute atomic E-state index is 0. The Morgan fingerprint density at radius 2 is 2.05 bits per heavy atom. The highest BCUT2D eigenvalue weighted by Gasteiger charge is 2.20. The molecule has 22 heavy (non-hydrogen) atoms. The van der Waals surface area contributed by atoms with Crippen molar-refractivity contribution >= 4 is 36.4 Å². The van der Waals surface area contributed by atoms with E-state index in [2.05, 4.69) is 20.6 Å². The third-order valence-electron chi connectivity index (χ3n) is 3.16. The summed E-state index contributed by atoms with van der Waals surface area (Å²) >= 11 is 0. The van der Waals surface area contributed by atoms with Crippen LogP contribution in [0.5, 0.6) is 0 Å². The van der Waals surface area contributed by atoms with E-state index >= 15 is 0 Å². The van der Waals surface area contributed by atoms with Crippen molar-refractivity contribution in [3.63, 3.8) is 0 Å². The molecule has 0 saturated carbocycles. The first kappa shape index (κ1) is 18.4. The van der Waals surface area contributed by atoms with Gasteiger partial charge in [-0.25, -0.2) is 4.98 Å². The first-order valence-electron chi connectivity index (χ1n) is 6.55. The number of carbonyl (C=O) groups excluding carboxylic acids is 1. The minimum Gasteiger partial charge on any atom is -0.378 e. The number of anilines is 1. The summed E-state index contributed by atoms with van der Waals surface area (Å²) in [5.41, 5.74) is 1.74.